The lowest BCUT2D eigenvalue weighted by Gasteiger charge is -2.31. The van der Waals surface area contributed by atoms with E-state index in [2.05, 4.69) is 0 Å². The topological polar surface area (TPSA) is 60.9 Å². The van der Waals surface area contributed by atoms with E-state index in [1.165, 1.54) is 0 Å². The fourth-order valence-corrected chi connectivity index (χ4v) is 3.67. The maximum absolute atomic E-state index is 12.9. The largest absolute Gasteiger partial charge is 0.508 e. The average Bonchev–Trinajstić information content (AvgIpc) is 2.86. The number of aryl methyl sites for hydroxylation is 1. The lowest BCUT2D eigenvalue weighted by Crippen LogP contribution is -2.46. The summed E-state index contributed by atoms with van der Waals surface area (Å²) in [5, 5.41) is 9.66. The number of rotatable bonds is 5. The molecule has 0 aliphatic carbocycles. The number of benzene rings is 1. The van der Waals surface area contributed by atoms with Crippen molar-refractivity contribution in [3.8, 4) is 5.75 Å². The first-order valence-electron chi connectivity index (χ1n) is 8.86. The van der Waals surface area contributed by atoms with Crippen molar-refractivity contribution < 1.29 is 14.7 Å². The van der Waals surface area contributed by atoms with Crippen LogP contribution in [0.4, 0.5) is 0 Å². The number of hydrogen-bond acceptors (Lipinski definition) is 4. The summed E-state index contributed by atoms with van der Waals surface area (Å²) in [6.07, 6.45) is 2.89. The van der Waals surface area contributed by atoms with Crippen LogP contribution < -0.4 is 0 Å². The van der Waals surface area contributed by atoms with Gasteiger partial charge in [0.05, 0.1) is 5.75 Å². The van der Waals surface area contributed by atoms with Crippen LogP contribution in [0, 0.1) is 6.92 Å². The van der Waals surface area contributed by atoms with Crippen molar-refractivity contribution in [3.63, 3.8) is 0 Å². The molecule has 2 rings (SSSR count). The summed E-state index contributed by atoms with van der Waals surface area (Å²) in [6, 6.07) is 5.02. The third kappa shape index (κ3) is 5.14. The maximum atomic E-state index is 12.9. The lowest BCUT2D eigenvalue weighted by molar-refractivity contribution is -0.129. The number of hydrogen-bond donors (Lipinski definition) is 1. The molecule has 1 atom stereocenters. The van der Waals surface area contributed by atoms with Gasteiger partial charge in [0.2, 0.25) is 5.91 Å². The van der Waals surface area contributed by atoms with Crippen molar-refractivity contribution in [2.24, 2.45) is 0 Å². The van der Waals surface area contributed by atoms with Gasteiger partial charge in [0.15, 0.2) is 0 Å². The number of carbonyl (C=O) groups excluding carboxylic acids is 2. The van der Waals surface area contributed by atoms with Crippen molar-refractivity contribution in [3.05, 3.63) is 29.3 Å². The van der Waals surface area contributed by atoms with E-state index in [1.54, 1.807) is 36.9 Å². The predicted octanol–water partition coefficient (Wildman–Crippen LogP) is 2.91. The van der Waals surface area contributed by atoms with Crippen molar-refractivity contribution in [1.82, 2.24) is 9.80 Å². The highest BCUT2D eigenvalue weighted by molar-refractivity contribution is 7.99. The van der Waals surface area contributed by atoms with E-state index in [0.29, 0.717) is 30.0 Å². The Balaban J connectivity index is 2.08. The quantitative estimate of drug-likeness (QED) is 0.873. The molecule has 0 aromatic heterocycles. The molecule has 138 valence electrons. The molecule has 1 aromatic rings. The SMILES string of the molecule is CCSCC(=O)N(C)C1CCCCN(C(=O)c2ccc(O)c(C)c2)C1. The molecule has 2 amide bonds. The minimum atomic E-state index is -0.0289. The standard InChI is InChI=1S/C19H28N2O3S/c1-4-25-13-18(23)20(3)16-7-5-6-10-21(12-16)19(24)15-8-9-17(22)14(2)11-15/h8-9,11,16,22H,4-7,10,12-13H2,1-3H3. The second-order valence-electron chi connectivity index (χ2n) is 6.54. The molecule has 1 aliphatic heterocycles. The molecule has 5 nitrogen and oxygen atoms in total. The molecule has 1 fully saturated rings. The summed E-state index contributed by atoms with van der Waals surface area (Å²) < 4.78 is 0. The Morgan fingerprint density at radius 2 is 2.12 bits per heavy atom. The molecule has 25 heavy (non-hydrogen) atoms. The van der Waals surface area contributed by atoms with Crippen molar-refractivity contribution >= 4 is 23.6 Å². The molecule has 6 heteroatoms. The predicted molar refractivity (Wildman–Crippen MR) is 102 cm³/mol. The number of likely N-dealkylation sites (N-methyl/N-ethyl adjacent to an activating group) is 1. The van der Waals surface area contributed by atoms with Crippen LogP contribution in [0.1, 0.15) is 42.1 Å². The first-order chi connectivity index (χ1) is 11.9. The molecule has 0 bridgehead atoms. The number of phenols is 1. The van der Waals surface area contributed by atoms with Crippen LogP contribution in [0.5, 0.6) is 5.75 Å². The number of likely N-dealkylation sites (tertiary alicyclic amines) is 1. The Kier molecular flexibility index (Phi) is 7.17. The van der Waals surface area contributed by atoms with Gasteiger partial charge in [-0.1, -0.05) is 6.92 Å². The fourth-order valence-electron chi connectivity index (χ4n) is 3.09. The van der Waals surface area contributed by atoms with Gasteiger partial charge in [-0.2, -0.15) is 11.8 Å². The van der Waals surface area contributed by atoms with Crippen molar-refractivity contribution in [1.29, 1.82) is 0 Å². The number of amides is 2. The Morgan fingerprint density at radius 1 is 1.36 bits per heavy atom. The van der Waals surface area contributed by atoms with E-state index >= 15 is 0 Å². The van der Waals surface area contributed by atoms with Gasteiger partial charge >= 0.3 is 0 Å². The fraction of sp³-hybridized carbons (Fsp3) is 0.579. The number of nitrogens with zero attached hydrogens (tertiary/aromatic N) is 2. The number of aromatic hydroxyl groups is 1. The third-order valence-corrected chi connectivity index (χ3v) is 5.61. The Hall–Kier alpha value is -1.69. The molecule has 0 spiro atoms. The van der Waals surface area contributed by atoms with Gasteiger partial charge in [-0.15, -0.1) is 0 Å². The monoisotopic (exact) mass is 364 g/mol. The summed E-state index contributed by atoms with van der Waals surface area (Å²) in [4.78, 5) is 28.8. The normalized spacial score (nSPS) is 17.9. The molecule has 1 aliphatic rings. The van der Waals surface area contributed by atoms with Gasteiger partial charge in [-0.25, -0.2) is 0 Å². The van der Waals surface area contributed by atoms with Crippen LogP contribution in [-0.4, -0.2) is 64.4 Å². The van der Waals surface area contributed by atoms with Crippen LogP contribution in [0.2, 0.25) is 0 Å². The summed E-state index contributed by atoms with van der Waals surface area (Å²) in [5.41, 5.74) is 1.28. The zero-order chi connectivity index (χ0) is 18.4. The van der Waals surface area contributed by atoms with Crippen molar-refractivity contribution in [2.75, 3.05) is 31.6 Å². The molecular formula is C19H28N2O3S. The summed E-state index contributed by atoms with van der Waals surface area (Å²) in [5.74, 6) is 1.72. The highest BCUT2D eigenvalue weighted by Crippen LogP contribution is 2.21. The second-order valence-corrected chi connectivity index (χ2v) is 7.82. The Bertz CT molecular complexity index is 621. The maximum Gasteiger partial charge on any atom is 0.253 e. The first-order valence-corrected chi connectivity index (χ1v) is 10.0. The Labute approximate surface area is 154 Å². The van der Waals surface area contributed by atoms with E-state index in [0.717, 1.165) is 25.0 Å². The minimum Gasteiger partial charge on any atom is -0.508 e. The lowest BCUT2D eigenvalue weighted by atomic mass is 10.1. The van der Waals surface area contributed by atoms with Crippen LogP contribution in [-0.2, 0) is 4.79 Å². The van der Waals surface area contributed by atoms with Gasteiger partial charge in [0.1, 0.15) is 5.75 Å². The molecular weight excluding hydrogens is 336 g/mol. The van der Waals surface area contributed by atoms with Gasteiger partial charge in [-0.05, 0) is 55.7 Å². The molecule has 1 aromatic carbocycles. The molecule has 1 heterocycles. The van der Waals surface area contributed by atoms with Gasteiger partial charge in [-0.3, -0.25) is 9.59 Å². The van der Waals surface area contributed by atoms with Crippen LogP contribution in [0.25, 0.3) is 0 Å². The van der Waals surface area contributed by atoms with Crippen LogP contribution in [0.3, 0.4) is 0 Å². The second kappa shape index (κ2) is 9.13. The van der Waals surface area contributed by atoms with Crippen LogP contribution in [0.15, 0.2) is 18.2 Å². The van der Waals surface area contributed by atoms with Gasteiger partial charge < -0.3 is 14.9 Å². The highest BCUT2D eigenvalue weighted by atomic mass is 32.2. The van der Waals surface area contributed by atoms with E-state index in [1.807, 2.05) is 23.8 Å². The van der Waals surface area contributed by atoms with E-state index in [-0.39, 0.29) is 23.6 Å². The Morgan fingerprint density at radius 3 is 2.80 bits per heavy atom. The molecule has 0 radical (unpaired) electrons. The summed E-state index contributed by atoms with van der Waals surface area (Å²) in [6.45, 7) is 5.11. The zero-order valence-corrected chi connectivity index (χ0v) is 16.1. The summed E-state index contributed by atoms with van der Waals surface area (Å²) in [7, 11) is 1.85. The van der Waals surface area contributed by atoms with E-state index < -0.39 is 0 Å². The number of carbonyl (C=O) groups is 2. The van der Waals surface area contributed by atoms with Gasteiger partial charge in [0, 0.05) is 31.7 Å². The molecule has 1 unspecified atom stereocenters. The number of phenolic OH excluding ortho intramolecular Hbond substituents is 1. The van der Waals surface area contributed by atoms with Gasteiger partial charge in [0.25, 0.3) is 5.91 Å². The van der Waals surface area contributed by atoms with E-state index in [4.69, 9.17) is 0 Å². The minimum absolute atomic E-state index is 0.0289. The molecule has 1 saturated heterocycles. The molecule has 1 N–H and O–H groups in total. The smallest absolute Gasteiger partial charge is 0.253 e. The third-order valence-electron chi connectivity index (χ3n) is 4.75. The molecule has 0 saturated carbocycles. The summed E-state index contributed by atoms with van der Waals surface area (Å²) >= 11 is 1.63. The highest BCUT2D eigenvalue weighted by Gasteiger charge is 2.27. The van der Waals surface area contributed by atoms with Crippen LogP contribution >= 0.6 is 11.8 Å². The number of thioether (sulfide) groups is 1. The first kappa shape index (κ1) is 19.6. The van der Waals surface area contributed by atoms with E-state index in [9.17, 15) is 14.7 Å². The average molecular weight is 365 g/mol. The van der Waals surface area contributed by atoms with Crippen molar-refractivity contribution in [2.45, 2.75) is 39.2 Å². The zero-order valence-electron chi connectivity index (χ0n) is 15.3.